The molecule has 1 amide bonds. The third kappa shape index (κ3) is 5.67. The number of nitrogens with zero attached hydrogens (tertiary/aromatic N) is 3. The molecular formula is C37H36N4O2. The molecule has 3 aliphatic carbocycles. The topological polar surface area (TPSA) is 110 Å². The van der Waals surface area contributed by atoms with Crippen LogP contribution < -0.4 is 5.32 Å². The smallest absolute Gasteiger partial charge is 0.250 e. The number of benzene rings is 3. The van der Waals surface area contributed by atoms with Gasteiger partial charge in [0.15, 0.2) is 0 Å². The molecule has 3 aromatic carbocycles. The Labute approximate surface area is 253 Å². The molecule has 6 heteroatoms. The summed E-state index contributed by atoms with van der Waals surface area (Å²) in [6, 6.07) is 31.6. The summed E-state index contributed by atoms with van der Waals surface area (Å²) in [5.41, 5.74) is 4.23. The van der Waals surface area contributed by atoms with Gasteiger partial charge in [-0.2, -0.15) is 15.8 Å². The molecule has 43 heavy (non-hydrogen) atoms. The lowest BCUT2D eigenvalue weighted by Gasteiger charge is -2.27. The second-order valence-corrected chi connectivity index (χ2v) is 13.0. The van der Waals surface area contributed by atoms with Gasteiger partial charge in [0, 0.05) is 0 Å². The van der Waals surface area contributed by atoms with Crippen LogP contribution in [-0.4, -0.2) is 17.6 Å². The van der Waals surface area contributed by atoms with E-state index < -0.39 is 28.6 Å². The zero-order valence-corrected chi connectivity index (χ0v) is 24.8. The number of nitrogens with one attached hydrogen (secondary N) is 1. The van der Waals surface area contributed by atoms with E-state index in [-0.39, 0.29) is 11.8 Å². The Hall–Kier alpha value is -4.44. The molecule has 3 aromatic rings. The van der Waals surface area contributed by atoms with E-state index in [1.807, 2.05) is 42.5 Å². The predicted molar refractivity (Wildman–Crippen MR) is 163 cm³/mol. The lowest BCUT2D eigenvalue weighted by molar-refractivity contribution is -0.137. The van der Waals surface area contributed by atoms with Crippen molar-refractivity contribution in [1.29, 1.82) is 15.8 Å². The summed E-state index contributed by atoms with van der Waals surface area (Å²) in [5, 5.41) is 32.4. The van der Waals surface area contributed by atoms with Crippen LogP contribution in [0.25, 0.3) is 11.1 Å². The number of hydrogen-bond donors (Lipinski definition) is 1. The van der Waals surface area contributed by atoms with Crippen LogP contribution in [0.5, 0.6) is 0 Å². The first-order valence-electron chi connectivity index (χ1n) is 15.3. The Bertz CT molecular complexity index is 1640. The molecule has 2 atom stereocenters. The number of amides is 1. The normalized spacial score (nSPS) is 19.6. The standard InChI is InChI=1S/C37H36N4O2/c1-25(2)20-32(34(42)41-37(24-40)18-19-37)43-33(27-6-4-3-5-7-27)28-10-8-26(9-11-28)29-12-13-30(35(22-38)14-15-35)31(21-29)36(23-39)16-17-36/h3-13,21,25,32-33H,14-20H2,1-2H3,(H,41,42)/t32-,33+/m0/s1. The maximum Gasteiger partial charge on any atom is 0.250 e. The quantitative estimate of drug-likeness (QED) is 0.264. The van der Waals surface area contributed by atoms with Gasteiger partial charge in [0.05, 0.1) is 29.0 Å². The molecule has 0 unspecified atom stereocenters. The Morgan fingerprint density at radius 1 is 0.767 bits per heavy atom. The molecule has 0 aliphatic heterocycles. The van der Waals surface area contributed by atoms with Crippen LogP contribution in [0.3, 0.4) is 0 Å². The molecule has 0 radical (unpaired) electrons. The first kappa shape index (κ1) is 28.7. The second-order valence-electron chi connectivity index (χ2n) is 13.0. The number of rotatable bonds is 11. The van der Waals surface area contributed by atoms with E-state index in [0.29, 0.717) is 19.3 Å². The van der Waals surface area contributed by atoms with Gasteiger partial charge in [-0.05, 0) is 90.3 Å². The van der Waals surface area contributed by atoms with Crippen molar-refractivity contribution in [3.63, 3.8) is 0 Å². The Morgan fingerprint density at radius 2 is 1.35 bits per heavy atom. The molecule has 0 bridgehead atoms. The van der Waals surface area contributed by atoms with Crippen LogP contribution in [0.15, 0.2) is 72.8 Å². The Balaban J connectivity index is 1.31. The van der Waals surface area contributed by atoms with E-state index in [1.165, 1.54) is 0 Å². The van der Waals surface area contributed by atoms with Crippen LogP contribution in [-0.2, 0) is 20.4 Å². The van der Waals surface area contributed by atoms with Gasteiger partial charge in [0.1, 0.15) is 17.7 Å². The van der Waals surface area contributed by atoms with Gasteiger partial charge in [-0.15, -0.1) is 0 Å². The van der Waals surface area contributed by atoms with Gasteiger partial charge >= 0.3 is 0 Å². The summed E-state index contributed by atoms with van der Waals surface area (Å²) in [7, 11) is 0. The molecular weight excluding hydrogens is 532 g/mol. The Kier molecular flexibility index (Phi) is 7.33. The molecule has 6 nitrogen and oxygen atoms in total. The number of nitriles is 3. The fraction of sp³-hybridized carbons (Fsp3) is 0.405. The van der Waals surface area contributed by atoms with Crippen molar-refractivity contribution in [2.75, 3.05) is 0 Å². The number of ether oxygens (including phenoxy) is 1. The van der Waals surface area contributed by atoms with Crippen LogP contribution in [0.4, 0.5) is 0 Å². The predicted octanol–water partition coefficient (Wildman–Crippen LogP) is 7.16. The molecule has 216 valence electrons. The highest BCUT2D eigenvalue weighted by molar-refractivity contribution is 5.82. The van der Waals surface area contributed by atoms with Gasteiger partial charge in [0.2, 0.25) is 5.91 Å². The van der Waals surface area contributed by atoms with Crippen LogP contribution >= 0.6 is 0 Å². The van der Waals surface area contributed by atoms with Gasteiger partial charge in [0.25, 0.3) is 0 Å². The van der Waals surface area contributed by atoms with E-state index in [9.17, 15) is 20.6 Å². The molecule has 3 saturated carbocycles. The second kappa shape index (κ2) is 11.0. The average molecular weight is 569 g/mol. The van der Waals surface area contributed by atoms with E-state index in [4.69, 9.17) is 4.74 Å². The highest BCUT2D eigenvalue weighted by Crippen LogP contribution is 2.56. The monoisotopic (exact) mass is 568 g/mol. The van der Waals surface area contributed by atoms with Crippen molar-refractivity contribution in [1.82, 2.24) is 5.32 Å². The molecule has 3 fully saturated rings. The lowest BCUT2D eigenvalue weighted by Crippen LogP contribution is -2.44. The van der Waals surface area contributed by atoms with Crippen molar-refractivity contribution < 1.29 is 9.53 Å². The fourth-order valence-corrected chi connectivity index (χ4v) is 6.02. The van der Waals surface area contributed by atoms with Crippen LogP contribution in [0, 0.1) is 39.9 Å². The molecule has 0 heterocycles. The van der Waals surface area contributed by atoms with Gasteiger partial charge in [-0.25, -0.2) is 0 Å². The van der Waals surface area contributed by atoms with E-state index in [2.05, 4.69) is 67.7 Å². The first-order chi connectivity index (χ1) is 20.8. The summed E-state index contributed by atoms with van der Waals surface area (Å²) >= 11 is 0. The van der Waals surface area contributed by atoms with E-state index in [1.54, 1.807) is 0 Å². The third-order valence-corrected chi connectivity index (χ3v) is 9.23. The van der Waals surface area contributed by atoms with Crippen LogP contribution in [0.2, 0.25) is 0 Å². The van der Waals surface area contributed by atoms with Crippen molar-refractivity contribution in [3.8, 4) is 29.3 Å². The molecule has 0 aromatic heterocycles. The van der Waals surface area contributed by atoms with E-state index >= 15 is 0 Å². The zero-order valence-electron chi connectivity index (χ0n) is 24.8. The minimum atomic E-state index is -0.759. The number of hydrogen-bond acceptors (Lipinski definition) is 5. The third-order valence-electron chi connectivity index (χ3n) is 9.23. The Morgan fingerprint density at radius 3 is 1.88 bits per heavy atom. The summed E-state index contributed by atoms with van der Waals surface area (Å²) in [5.74, 6) is -0.0156. The summed E-state index contributed by atoms with van der Waals surface area (Å²) in [6.45, 7) is 4.12. The van der Waals surface area contributed by atoms with E-state index in [0.717, 1.165) is 59.1 Å². The summed E-state index contributed by atoms with van der Waals surface area (Å²) in [4.78, 5) is 13.4. The van der Waals surface area contributed by atoms with Crippen molar-refractivity contribution in [3.05, 3.63) is 95.1 Å². The maximum absolute atomic E-state index is 13.4. The molecule has 1 N–H and O–H groups in total. The maximum atomic E-state index is 13.4. The molecule has 0 spiro atoms. The zero-order chi connectivity index (χ0) is 30.2. The summed E-state index contributed by atoms with van der Waals surface area (Å²) < 4.78 is 6.63. The summed E-state index contributed by atoms with van der Waals surface area (Å²) in [6.07, 6.45) is 4.05. The van der Waals surface area contributed by atoms with Gasteiger partial charge in [-0.3, -0.25) is 4.79 Å². The fourth-order valence-electron chi connectivity index (χ4n) is 6.02. The minimum absolute atomic E-state index is 0.225. The van der Waals surface area contributed by atoms with Crippen molar-refractivity contribution in [2.24, 2.45) is 5.92 Å². The lowest BCUT2D eigenvalue weighted by atomic mass is 9.83. The highest BCUT2D eigenvalue weighted by Gasteiger charge is 2.53. The number of carbonyl (C=O) groups is 1. The minimum Gasteiger partial charge on any atom is -0.356 e. The first-order valence-corrected chi connectivity index (χ1v) is 15.3. The SMILES string of the molecule is CC(C)C[C@H](O[C@H](c1ccccc1)c1ccc(-c2ccc(C3(C#N)CC3)c(C3(C#N)CC3)c2)cc1)C(=O)NC1(C#N)CC1. The molecule has 3 aliphatic rings. The highest BCUT2D eigenvalue weighted by atomic mass is 16.5. The average Bonchev–Trinajstić information content (AvgIpc) is 3.92. The van der Waals surface area contributed by atoms with Gasteiger partial charge in [-0.1, -0.05) is 80.6 Å². The molecule has 6 rings (SSSR count). The largest absolute Gasteiger partial charge is 0.356 e. The molecule has 0 saturated heterocycles. The van der Waals surface area contributed by atoms with Crippen molar-refractivity contribution >= 4 is 5.91 Å². The number of carbonyl (C=O) groups excluding carboxylic acids is 1. The van der Waals surface area contributed by atoms with Crippen molar-refractivity contribution in [2.45, 2.75) is 87.4 Å². The van der Waals surface area contributed by atoms with Gasteiger partial charge < -0.3 is 10.1 Å². The van der Waals surface area contributed by atoms with Crippen LogP contribution in [0.1, 0.15) is 87.2 Å².